The number of methoxy groups -OCH3 is 2. The smallest absolute Gasteiger partial charge is 0.253 e. The number of aryl methyl sites for hydroxylation is 2. The van der Waals surface area contributed by atoms with Gasteiger partial charge in [-0.25, -0.2) is 9.50 Å². The largest absolute Gasteiger partial charge is 0.497 e. The SMILES string of the molecule is COc1cc(OC)cc(-c2nc3nc(C)c(CCC(=O)NC4CCCC4)c(C)n3n2)c1. The Morgan fingerprint density at radius 2 is 1.77 bits per heavy atom. The molecule has 8 nitrogen and oxygen atoms in total. The summed E-state index contributed by atoms with van der Waals surface area (Å²) in [4.78, 5) is 21.6. The first-order valence-corrected chi connectivity index (χ1v) is 10.7. The molecule has 4 rings (SSSR count). The second kappa shape index (κ2) is 8.91. The first kappa shape index (κ1) is 21.1. The first-order valence-electron chi connectivity index (χ1n) is 10.7. The molecule has 8 heteroatoms. The van der Waals surface area contributed by atoms with E-state index in [9.17, 15) is 4.79 Å². The number of amides is 1. The second-order valence-corrected chi connectivity index (χ2v) is 8.06. The van der Waals surface area contributed by atoms with E-state index in [4.69, 9.17) is 9.47 Å². The summed E-state index contributed by atoms with van der Waals surface area (Å²) in [6.45, 7) is 3.96. The van der Waals surface area contributed by atoms with Crippen LogP contribution in [0, 0.1) is 13.8 Å². The van der Waals surface area contributed by atoms with Crippen LogP contribution in [0.25, 0.3) is 17.2 Å². The van der Waals surface area contributed by atoms with E-state index in [2.05, 4.69) is 20.4 Å². The number of ether oxygens (including phenoxy) is 2. The lowest BCUT2D eigenvalue weighted by Crippen LogP contribution is -2.32. The Kier molecular flexibility index (Phi) is 6.06. The molecule has 1 fully saturated rings. The van der Waals surface area contributed by atoms with E-state index in [-0.39, 0.29) is 5.91 Å². The summed E-state index contributed by atoms with van der Waals surface area (Å²) in [5.41, 5.74) is 3.65. The maximum atomic E-state index is 12.4. The van der Waals surface area contributed by atoms with Gasteiger partial charge in [-0.2, -0.15) is 4.98 Å². The highest BCUT2D eigenvalue weighted by Gasteiger charge is 2.19. The second-order valence-electron chi connectivity index (χ2n) is 8.06. The number of carbonyl (C=O) groups is 1. The van der Waals surface area contributed by atoms with Gasteiger partial charge in [-0.05, 0) is 50.8 Å². The van der Waals surface area contributed by atoms with Crippen molar-refractivity contribution < 1.29 is 14.3 Å². The minimum Gasteiger partial charge on any atom is -0.497 e. The van der Waals surface area contributed by atoms with Crippen LogP contribution in [-0.2, 0) is 11.2 Å². The Balaban J connectivity index is 1.59. The quantitative estimate of drug-likeness (QED) is 0.626. The van der Waals surface area contributed by atoms with Crippen LogP contribution in [0.5, 0.6) is 11.5 Å². The standard InChI is InChI=1S/C23H29N5O3/c1-14-20(9-10-21(29)25-17-7-5-6-8-17)15(2)28-23(24-14)26-22(27-28)16-11-18(30-3)13-19(12-16)31-4/h11-13,17H,5-10H2,1-4H3,(H,25,29). The van der Waals surface area contributed by atoms with Crippen molar-refractivity contribution >= 4 is 11.7 Å². The lowest BCUT2D eigenvalue weighted by atomic mass is 10.1. The summed E-state index contributed by atoms with van der Waals surface area (Å²) in [6, 6.07) is 5.89. The third-order valence-corrected chi connectivity index (χ3v) is 5.98. The van der Waals surface area contributed by atoms with E-state index in [1.807, 2.05) is 32.0 Å². The van der Waals surface area contributed by atoms with Gasteiger partial charge in [-0.1, -0.05) is 12.8 Å². The normalized spacial score (nSPS) is 14.2. The number of rotatable bonds is 7. The molecular weight excluding hydrogens is 394 g/mol. The number of nitrogens with one attached hydrogen (secondary N) is 1. The molecule has 0 bridgehead atoms. The van der Waals surface area contributed by atoms with Crippen LogP contribution in [0.15, 0.2) is 18.2 Å². The monoisotopic (exact) mass is 423 g/mol. The molecule has 1 saturated carbocycles. The average molecular weight is 424 g/mol. The number of benzene rings is 1. The van der Waals surface area contributed by atoms with Gasteiger partial charge in [0.15, 0.2) is 5.82 Å². The minimum absolute atomic E-state index is 0.105. The predicted molar refractivity (Wildman–Crippen MR) is 118 cm³/mol. The molecule has 1 aliphatic rings. The van der Waals surface area contributed by atoms with E-state index in [0.717, 1.165) is 35.4 Å². The summed E-state index contributed by atoms with van der Waals surface area (Å²) in [7, 11) is 3.22. The van der Waals surface area contributed by atoms with Crippen LogP contribution in [0.4, 0.5) is 0 Å². The molecule has 0 aliphatic heterocycles. The highest BCUT2D eigenvalue weighted by Crippen LogP contribution is 2.28. The molecule has 164 valence electrons. The molecule has 31 heavy (non-hydrogen) atoms. The summed E-state index contributed by atoms with van der Waals surface area (Å²) < 4.78 is 12.5. The molecule has 2 aromatic heterocycles. The van der Waals surface area contributed by atoms with Gasteiger partial charge in [-0.15, -0.1) is 5.10 Å². The Morgan fingerprint density at radius 3 is 2.42 bits per heavy atom. The lowest BCUT2D eigenvalue weighted by molar-refractivity contribution is -0.121. The highest BCUT2D eigenvalue weighted by molar-refractivity contribution is 5.76. The molecule has 3 aromatic rings. The van der Waals surface area contributed by atoms with Crippen molar-refractivity contribution in [3.63, 3.8) is 0 Å². The fraction of sp³-hybridized carbons (Fsp3) is 0.478. The van der Waals surface area contributed by atoms with Crippen LogP contribution >= 0.6 is 0 Å². The lowest BCUT2D eigenvalue weighted by Gasteiger charge is -2.13. The Hall–Kier alpha value is -3.16. The zero-order valence-electron chi connectivity index (χ0n) is 18.6. The van der Waals surface area contributed by atoms with Crippen LogP contribution in [0.2, 0.25) is 0 Å². The number of hydrogen-bond acceptors (Lipinski definition) is 6. The van der Waals surface area contributed by atoms with Gasteiger partial charge in [0.2, 0.25) is 5.91 Å². The summed E-state index contributed by atoms with van der Waals surface area (Å²) in [5, 5.41) is 7.83. The maximum absolute atomic E-state index is 12.4. The minimum atomic E-state index is 0.105. The fourth-order valence-corrected chi connectivity index (χ4v) is 4.24. The third-order valence-electron chi connectivity index (χ3n) is 5.98. The average Bonchev–Trinajstić information content (AvgIpc) is 3.43. The van der Waals surface area contributed by atoms with E-state index in [0.29, 0.717) is 42.0 Å². The number of aromatic nitrogens is 4. The molecule has 1 N–H and O–H groups in total. The molecule has 0 spiro atoms. The zero-order chi connectivity index (χ0) is 22.0. The van der Waals surface area contributed by atoms with E-state index >= 15 is 0 Å². The van der Waals surface area contributed by atoms with Gasteiger partial charge >= 0.3 is 0 Å². The van der Waals surface area contributed by atoms with Crippen molar-refractivity contribution in [2.75, 3.05) is 14.2 Å². The van der Waals surface area contributed by atoms with Crippen molar-refractivity contribution in [1.82, 2.24) is 24.9 Å². The van der Waals surface area contributed by atoms with Crippen molar-refractivity contribution in [2.24, 2.45) is 0 Å². The molecule has 0 radical (unpaired) electrons. The molecule has 1 amide bonds. The van der Waals surface area contributed by atoms with E-state index in [1.54, 1.807) is 18.7 Å². The van der Waals surface area contributed by atoms with Gasteiger partial charge in [0.05, 0.1) is 14.2 Å². The van der Waals surface area contributed by atoms with Gasteiger partial charge in [-0.3, -0.25) is 4.79 Å². The van der Waals surface area contributed by atoms with E-state index < -0.39 is 0 Å². The topological polar surface area (TPSA) is 90.6 Å². The number of hydrogen-bond donors (Lipinski definition) is 1. The van der Waals surface area contributed by atoms with Crippen molar-refractivity contribution in [1.29, 1.82) is 0 Å². The molecule has 2 heterocycles. The molecular formula is C23H29N5O3. The number of carbonyl (C=O) groups excluding carboxylic acids is 1. The summed E-state index contributed by atoms with van der Waals surface area (Å²) in [5.74, 6) is 2.52. The fourth-order valence-electron chi connectivity index (χ4n) is 4.24. The predicted octanol–water partition coefficient (Wildman–Crippen LogP) is 3.42. The first-order chi connectivity index (χ1) is 15.0. The summed E-state index contributed by atoms with van der Waals surface area (Å²) >= 11 is 0. The Bertz CT molecular complexity index is 1080. The molecule has 1 aliphatic carbocycles. The maximum Gasteiger partial charge on any atom is 0.253 e. The van der Waals surface area contributed by atoms with Gasteiger partial charge in [0.25, 0.3) is 5.78 Å². The number of nitrogens with zero attached hydrogens (tertiary/aromatic N) is 4. The van der Waals surface area contributed by atoms with Crippen molar-refractivity contribution in [2.45, 2.75) is 58.4 Å². The van der Waals surface area contributed by atoms with Gasteiger partial charge in [0, 0.05) is 35.5 Å². The molecule has 1 aromatic carbocycles. The molecule has 0 atom stereocenters. The zero-order valence-corrected chi connectivity index (χ0v) is 18.6. The molecule has 0 saturated heterocycles. The third kappa shape index (κ3) is 4.47. The number of fused-ring (bicyclic) bond motifs is 1. The Labute approximate surface area is 182 Å². The van der Waals surface area contributed by atoms with Crippen LogP contribution in [-0.4, -0.2) is 45.8 Å². The van der Waals surface area contributed by atoms with Gasteiger partial charge < -0.3 is 14.8 Å². The van der Waals surface area contributed by atoms with Crippen LogP contribution in [0.1, 0.15) is 49.1 Å². The van der Waals surface area contributed by atoms with Gasteiger partial charge in [0.1, 0.15) is 11.5 Å². The van der Waals surface area contributed by atoms with Crippen molar-refractivity contribution in [3.8, 4) is 22.9 Å². The Morgan fingerprint density at radius 1 is 1.10 bits per heavy atom. The van der Waals surface area contributed by atoms with E-state index in [1.165, 1.54) is 12.8 Å². The van der Waals surface area contributed by atoms with Crippen molar-refractivity contribution in [3.05, 3.63) is 35.2 Å². The van der Waals surface area contributed by atoms with Crippen LogP contribution in [0.3, 0.4) is 0 Å². The molecule has 0 unspecified atom stereocenters. The summed E-state index contributed by atoms with van der Waals surface area (Å²) in [6.07, 6.45) is 5.67. The van der Waals surface area contributed by atoms with Crippen LogP contribution < -0.4 is 14.8 Å². The highest BCUT2D eigenvalue weighted by atomic mass is 16.5.